The zero-order valence-corrected chi connectivity index (χ0v) is 20.8. The van der Waals surface area contributed by atoms with Crippen molar-refractivity contribution in [2.75, 3.05) is 26.2 Å². The monoisotopic (exact) mass is 544 g/mol. The number of sulfonamides is 1. The Kier molecular flexibility index (Phi) is 8.02. The minimum absolute atomic E-state index is 0.00450. The summed E-state index contributed by atoms with van der Waals surface area (Å²) in [6.07, 6.45) is 0.927. The number of ether oxygens (including phenoxy) is 1. The zero-order chi connectivity index (χ0) is 26.7. The molecule has 0 saturated carbocycles. The summed E-state index contributed by atoms with van der Waals surface area (Å²) in [5.74, 6) is -0.686. The fourth-order valence-electron chi connectivity index (χ4n) is 4.79. The van der Waals surface area contributed by atoms with Gasteiger partial charge in [-0.2, -0.15) is 13.2 Å². The van der Waals surface area contributed by atoms with E-state index in [1.54, 1.807) is 24.1 Å². The molecule has 14 heteroatoms. The van der Waals surface area contributed by atoms with Gasteiger partial charge in [0.2, 0.25) is 10.0 Å². The van der Waals surface area contributed by atoms with E-state index >= 15 is 0 Å². The first-order chi connectivity index (χ1) is 17.5. The molecule has 0 atom stereocenters. The van der Waals surface area contributed by atoms with E-state index in [2.05, 4.69) is 4.98 Å². The van der Waals surface area contributed by atoms with Gasteiger partial charge in [0.1, 0.15) is 24.7 Å². The summed E-state index contributed by atoms with van der Waals surface area (Å²) < 4.78 is 72.8. The summed E-state index contributed by atoms with van der Waals surface area (Å²) in [4.78, 5) is 18.8. The zero-order valence-electron chi connectivity index (χ0n) is 20.0. The van der Waals surface area contributed by atoms with Crippen LogP contribution in [0.1, 0.15) is 31.2 Å². The smallest absolute Gasteiger partial charge is 0.416 e. The Morgan fingerprint density at radius 3 is 2.35 bits per heavy atom. The molecular formula is C23H29F3N5O5S+. The largest absolute Gasteiger partial charge is 0.490 e. The van der Waals surface area contributed by atoms with E-state index in [0.717, 1.165) is 12.1 Å². The van der Waals surface area contributed by atoms with Gasteiger partial charge < -0.3 is 4.74 Å². The third-order valence-corrected chi connectivity index (χ3v) is 9.55. The molecule has 0 unspecified atom stereocenters. The van der Waals surface area contributed by atoms with Crippen LogP contribution in [-0.2, 0) is 27.7 Å². The van der Waals surface area contributed by atoms with Crippen molar-refractivity contribution in [2.24, 2.45) is 0 Å². The van der Waals surface area contributed by atoms with Crippen LogP contribution in [0.25, 0.3) is 0 Å². The fraction of sp³-hybridized carbons (Fsp3) is 0.522. The number of nitrogens with zero attached hydrogens (tertiary/aromatic N) is 4. The summed E-state index contributed by atoms with van der Waals surface area (Å²) in [6, 6.07) is 6.13. The second-order valence-corrected chi connectivity index (χ2v) is 11.5. The van der Waals surface area contributed by atoms with E-state index in [0.29, 0.717) is 32.6 Å². The van der Waals surface area contributed by atoms with Gasteiger partial charge in [-0.05, 0) is 49.9 Å². The fourth-order valence-corrected chi connectivity index (χ4v) is 6.95. The van der Waals surface area contributed by atoms with Crippen LogP contribution < -0.4 is 14.8 Å². The molecule has 1 aromatic carbocycles. The lowest BCUT2D eigenvalue weighted by Gasteiger charge is -2.42. The maximum atomic E-state index is 13.7. The van der Waals surface area contributed by atoms with E-state index in [-0.39, 0.29) is 37.8 Å². The Balaban J connectivity index is 1.39. The number of rotatable bonds is 7. The average Bonchev–Trinajstić information content (AvgIpc) is 2.89. The van der Waals surface area contributed by atoms with E-state index in [1.807, 2.05) is 15.7 Å². The number of likely N-dealkylation sites (tertiary alicyclic amines) is 1. The summed E-state index contributed by atoms with van der Waals surface area (Å²) in [6.45, 7) is 1.30. The molecule has 10 nitrogen and oxygen atoms in total. The molecule has 0 radical (unpaired) electrons. The molecule has 2 fully saturated rings. The molecule has 2 aliphatic rings. The van der Waals surface area contributed by atoms with Crippen LogP contribution >= 0.6 is 0 Å². The van der Waals surface area contributed by atoms with Crippen molar-refractivity contribution >= 4 is 15.9 Å². The topological polar surface area (TPSA) is 116 Å². The minimum Gasteiger partial charge on any atom is -0.490 e. The highest BCUT2D eigenvalue weighted by atomic mass is 32.2. The Hall–Kier alpha value is -2.81. The highest BCUT2D eigenvalue weighted by Crippen LogP contribution is 2.36. The van der Waals surface area contributed by atoms with Crippen LogP contribution in [0.2, 0.25) is 0 Å². The first-order valence-corrected chi connectivity index (χ1v) is 13.3. The first kappa shape index (κ1) is 27.2. The van der Waals surface area contributed by atoms with Crippen LogP contribution in [0.4, 0.5) is 13.2 Å². The number of hydroxylamine groups is 1. The van der Waals surface area contributed by atoms with Crippen molar-refractivity contribution in [1.29, 1.82) is 0 Å². The highest BCUT2D eigenvalue weighted by Gasteiger charge is 2.55. The third-order valence-electron chi connectivity index (χ3n) is 6.93. The highest BCUT2D eigenvalue weighted by molar-refractivity contribution is 7.91. The number of carbonyl (C=O) groups excluding carboxylic acids is 1. The number of alkyl halides is 3. The van der Waals surface area contributed by atoms with Crippen LogP contribution in [0.15, 0.2) is 49.1 Å². The van der Waals surface area contributed by atoms with E-state index in [1.165, 1.54) is 16.4 Å². The van der Waals surface area contributed by atoms with E-state index in [4.69, 9.17) is 4.74 Å². The van der Waals surface area contributed by atoms with Crippen LogP contribution in [0.3, 0.4) is 0 Å². The SMILES string of the molecule is O=C(NO)C1(S(=O)(=O)N2CCC(Oc3ccc(C(F)(F)F)cc3)CC2)CCN(C[n+]2cccnc2)CC1. The molecule has 4 rings (SSSR count). The summed E-state index contributed by atoms with van der Waals surface area (Å²) in [7, 11) is -4.14. The van der Waals surface area contributed by atoms with E-state index < -0.39 is 32.4 Å². The van der Waals surface area contributed by atoms with Gasteiger partial charge in [-0.3, -0.25) is 14.9 Å². The van der Waals surface area contributed by atoms with Gasteiger partial charge in [0, 0.05) is 32.2 Å². The maximum absolute atomic E-state index is 13.7. The molecule has 2 N–H and O–H groups in total. The van der Waals surface area contributed by atoms with Crippen LogP contribution in [0, 0.1) is 0 Å². The minimum atomic E-state index is -4.44. The summed E-state index contributed by atoms with van der Waals surface area (Å²) in [5, 5.41) is 9.39. The second kappa shape index (κ2) is 10.9. The molecule has 0 spiro atoms. The molecule has 2 saturated heterocycles. The molecule has 2 aromatic rings. The normalized spacial score (nSPS) is 19.9. The molecule has 2 aliphatic heterocycles. The number of piperidine rings is 2. The quantitative estimate of drug-likeness (QED) is 0.309. The van der Waals surface area contributed by atoms with Crippen molar-refractivity contribution in [3.05, 3.63) is 54.6 Å². The van der Waals surface area contributed by atoms with Crippen LogP contribution in [-0.4, -0.2) is 70.8 Å². The van der Waals surface area contributed by atoms with Crippen molar-refractivity contribution in [3.8, 4) is 5.75 Å². The van der Waals surface area contributed by atoms with Crippen molar-refractivity contribution in [3.63, 3.8) is 0 Å². The van der Waals surface area contributed by atoms with Crippen molar-refractivity contribution in [1.82, 2.24) is 19.7 Å². The second-order valence-electron chi connectivity index (χ2n) is 9.21. The lowest BCUT2D eigenvalue weighted by atomic mass is 9.95. The van der Waals surface area contributed by atoms with Crippen molar-refractivity contribution < 1.29 is 40.9 Å². The Morgan fingerprint density at radius 1 is 1.16 bits per heavy atom. The molecule has 3 heterocycles. The Bertz CT molecular complexity index is 1170. The molecule has 0 bridgehead atoms. The van der Waals surface area contributed by atoms with Gasteiger partial charge in [0.05, 0.1) is 11.8 Å². The maximum Gasteiger partial charge on any atom is 0.416 e. The molecule has 1 amide bonds. The molecule has 0 aliphatic carbocycles. The van der Waals surface area contributed by atoms with Gasteiger partial charge in [-0.25, -0.2) is 22.8 Å². The summed E-state index contributed by atoms with van der Waals surface area (Å²) >= 11 is 0. The number of hydrogen-bond acceptors (Lipinski definition) is 7. The third kappa shape index (κ3) is 5.87. The number of benzene rings is 1. The standard InChI is InChI=1S/C23H28F3N5O5S/c24-23(25,26)18-2-4-19(5-3-18)36-20-6-12-31(13-7-20)37(34,35)22(21(32)28-33)8-14-29(15-9-22)17-30-11-1-10-27-16-30/h1-5,10-11,16,20H,6-9,12-15,17H2,(H-,28,32,33)/p+1. The molecule has 37 heavy (non-hydrogen) atoms. The first-order valence-electron chi connectivity index (χ1n) is 11.8. The Labute approximate surface area is 212 Å². The number of carbonyl (C=O) groups is 1. The molecule has 202 valence electrons. The van der Waals surface area contributed by atoms with Gasteiger partial charge in [-0.1, -0.05) is 4.98 Å². The van der Waals surface area contributed by atoms with Gasteiger partial charge in [0.15, 0.2) is 4.75 Å². The average molecular weight is 545 g/mol. The number of halogens is 3. The van der Waals surface area contributed by atoms with Gasteiger partial charge >= 0.3 is 6.18 Å². The number of nitrogens with one attached hydrogen (secondary N) is 1. The number of hydrogen-bond donors (Lipinski definition) is 2. The van der Waals surface area contributed by atoms with Crippen molar-refractivity contribution in [2.45, 2.75) is 49.4 Å². The Morgan fingerprint density at radius 2 is 1.81 bits per heavy atom. The number of aromatic nitrogens is 2. The lowest BCUT2D eigenvalue weighted by Crippen LogP contribution is -2.63. The van der Waals surface area contributed by atoms with Gasteiger partial charge in [-0.15, -0.1) is 0 Å². The lowest BCUT2D eigenvalue weighted by molar-refractivity contribution is -0.718. The molecule has 1 aromatic heterocycles. The summed E-state index contributed by atoms with van der Waals surface area (Å²) in [5.41, 5.74) is 0.779. The van der Waals surface area contributed by atoms with Gasteiger partial charge in [0.25, 0.3) is 12.2 Å². The number of amides is 1. The van der Waals surface area contributed by atoms with Crippen LogP contribution in [0.5, 0.6) is 5.75 Å². The molecular weight excluding hydrogens is 515 g/mol. The van der Waals surface area contributed by atoms with E-state index in [9.17, 15) is 31.6 Å². The predicted molar refractivity (Wildman–Crippen MR) is 123 cm³/mol. The predicted octanol–water partition coefficient (Wildman–Crippen LogP) is 1.56.